The SMILES string of the molecule is Cc1c([C@@H](C)Nc2nn(C)c(=O)c3cc(=O)n(C4(C(F)F)CC4)cc23)cccc1C(F)(F)F. The topological polar surface area (TPSA) is 68.9 Å². The van der Waals surface area contributed by atoms with Crippen LogP contribution in [0.3, 0.4) is 0 Å². The Bertz CT molecular complexity index is 1360. The van der Waals surface area contributed by atoms with Crippen LogP contribution in [0.4, 0.5) is 27.8 Å². The average Bonchev–Trinajstić information content (AvgIpc) is 3.52. The zero-order valence-corrected chi connectivity index (χ0v) is 18.0. The number of hydrogen-bond donors (Lipinski definition) is 1. The van der Waals surface area contributed by atoms with Gasteiger partial charge in [-0.05, 0) is 43.9 Å². The van der Waals surface area contributed by atoms with E-state index in [1.165, 1.54) is 32.3 Å². The van der Waals surface area contributed by atoms with E-state index in [9.17, 15) is 31.5 Å². The molecule has 3 aromatic rings. The first-order valence-corrected chi connectivity index (χ1v) is 10.2. The van der Waals surface area contributed by atoms with E-state index in [2.05, 4.69) is 10.4 Å². The lowest BCUT2D eigenvalue weighted by Gasteiger charge is -2.22. The third-order valence-electron chi connectivity index (χ3n) is 6.23. The predicted molar refractivity (Wildman–Crippen MR) is 113 cm³/mol. The zero-order valence-electron chi connectivity index (χ0n) is 18.0. The number of rotatable bonds is 5. The number of anilines is 1. The van der Waals surface area contributed by atoms with Gasteiger partial charge in [-0.2, -0.15) is 18.3 Å². The summed E-state index contributed by atoms with van der Waals surface area (Å²) in [6, 6.07) is 4.16. The molecule has 0 saturated heterocycles. The summed E-state index contributed by atoms with van der Waals surface area (Å²) in [4.78, 5) is 25.1. The van der Waals surface area contributed by atoms with Crippen molar-refractivity contribution in [3.05, 3.63) is 67.9 Å². The summed E-state index contributed by atoms with van der Waals surface area (Å²) >= 11 is 0. The van der Waals surface area contributed by atoms with Crippen molar-refractivity contribution in [2.75, 3.05) is 5.32 Å². The number of hydrogen-bond acceptors (Lipinski definition) is 4. The number of benzene rings is 1. The molecule has 33 heavy (non-hydrogen) atoms. The number of nitrogens with one attached hydrogen (secondary N) is 1. The lowest BCUT2D eigenvalue weighted by molar-refractivity contribution is -0.138. The Morgan fingerprint density at radius 2 is 1.82 bits per heavy atom. The van der Waals surface area contributed by atoms with Gasteiger partial charge in [0.05, 0.1) is 17.0 Å². The van der Waals surface area contributed by atoms with Gasteiger partial charge in [0.1, 0.15) is 5.54 Å². The minimum absolute atomic E-state index is 0.0192. The van der Waals surface area contributed by atoms with Crippen LogP contribution in [0.2, 0.25) is 0 Å². The number of halogens is 5. The fourth-order valence-corrected chi connectivity index (χ4v) is 4.18. The third kappa shape index (κ3) is 3.79. The first-order valence-electron chi connectivity index (χ1n) is 10.2. The van der Waals surface area contributed by atoms with Crippen LogP contribution < -0.4 is 16.4 Å². The van der Waals surface area contributed by atoms with Crippen LogP contribution in [0.15, 0.2) is 40.1 Å². The minimum Gasteiger partial charge on any atom is -0.362 e. The van der Waals surface area contributed by atoms with Gasteiger partial charge in [-0.1, -0.05) is 12.1 Å². The molecule has 0 aliphatic heterocycles. The molecule has 0 bridgehead atoms. The molecule has 1 atom stereocenters. The minimum atomic E-state index is -4.52. The van der Waals surface area contributed by atoms with E-state index in [0.29, 0.717) is 5.56 Å². The summed E-state index contributed by atoms with van der Waals surface area (Å²) in [6.07, 6.45) is -5.85. The van der Waals surface area contributed by atoms with E-state index in [0.717, 1.165) is 21.4 Å². The summed E-state index contributed by atoms with van der Waals surface area (Å²) in [5.41, 5.74) is -3.32. The van der Waals surface area contributed by atoms with Gasteiger partial charge in [0, 0.05) is 24.7 Å². The zero-order chi connectivity index (χ0) is 24.3. The summed E-state index contributed by atoms with van der Waals surface area (Å²) in [6.45, 7) is 2.98. The molecule has 11 heteroatoms. The Labute approximate surface area is 184 Å². The van der Waals surface area contributed by atoms with Crippen LogP contribution in [0.5, 0.6) is 0 Å². The van der Waals surface area contributed by atoms with Crippen molar-refractivity contribution in [2.24, 2.45) is 7.05 Å². The number of alkyl halides is 5. The van der Waals surface area contributed by atoms with Crippen molar-refractivity contribution in [1.29, 1.82) is 0 Å². The first-order chi connectivity index (χ1) is 15.4. The van der Waals surface area contributed by atoms with E-state index >= 15 is 0 Å². The number of pyridine rings is 1. The Morgan fingerprint density at radius 3 is 2.39 bits per heavy atom. The maximum absolute atomic E-state index is 13.6. The van der Waals surface area contributed by atoms with Crippen molar-refractivity contribution < 1.29 is 22.0 Å². The molecule has 2 heterocycles. The van der Waals surface area contributed by atoms with Crippen molar-refractivity contribution in [2.45, 2.75) is 50.9 Å². The van der Waals surface area contributed by atoms with Crippen LogP contribution in [0, 0.1) is 6.92 Å². The quantitative estimate of drug-likeness (QED) is 0.566. The summed E-state index contributed by atoms with van der Waals surface area (Å²) in [7, 11) is 1.36. The monoisotopic (exact) mass is 468 g/mol. The van der Waals surface area contributed by atoms with E-state index in [1.54, 1.807) is 6.92 Å². The van der Waals surface area contributed by atoms with Crippen LogP contribution in [0.25, 0.3) is 10.8 Å². The molecule has 6 nitrogen and oxygen atoms in total. The molecular formula is C22H21F5N4O2. The third-order valence-corrected chi connectivity index (χ3v) is 6.23. The molecule has 0 unspecified atom stereocenters. The molecule has 4 rings (SSSR count). The highest BCUT2D eigenvalue weighted by molar-refractivity contribution is 5.90. The highest BCUT2D eigenvalue weighted by Crippen LogP contribution is 2.48. The van der Waals surface area contributed by atoms with Gasteiger partial charge in [-0.3, -0.25) is 9.59 Å². The molecule has 1 saturated carbocycles. The lowest BCUT2D eigenvalue weighted by atomic mass is 9.97. The predicted octanol–water partition coefficient (Wildman–Crippen LogP) is 4.35. The fourth-order valence-electron chi connectivity index (χ4n) is 4.18. The molecule has 1 aromatic carbocycles. The van der Waals surface area contributed by atoms with Gasteiger partial charge in [0.25, 0.3) is 17.5 Å². The normalized spacial score (nSPS) is 16.3. The highest BCUT2D eigenvalue weighted by atomic mass is 19.4. The Balaban J connectivity index is 1.84. The largest absolute Gasteiger partial charge is 0.416 e. The van der Waals surface area contributed by atoms with Crippen molar-refractivity contribution in [3.63, 3.8) is 0 Å². The van der Waals surface area contributed by atoms with Gasteiger partial charge in [0.2, 0.25) is 0 Å². The number of aromatic nitrogens is 3. The second-order valence-electron chi connectivity index (χ2n) is 8.37. The first kappa shape index (κ1) is 22.9. The van der Waals surface area contributed by atoms with Crippen LogP contribution >= 0.6 is 0 Å². The lowest BCUT2D eigenvalue weighted by Crippen LogP contribution is -2.36. The number of nitrogens with zero attached hydrogens (tertiary/aromatic N) is 3. The molecule has 1 aliphatic rings. The van der Waals surface area contributed by atoms with Crippen molar-refractivity contribution >= 4 is 16.6 Å². The molecule has 0 spiro atoms. The standard InChI is InChI=1S/C22H21F5N4O2/c1-11-13(5-4-6-16(11)22(25,26)27)12(2)28-18-15-10-31(21(7-8-21)20(23)24)17(32)9-14(15)19(33)30(3)29-18/h4-6,9-10,12,20H,7-8H2,1-3H3,(H,28,29)/t12-/m1/s1. The Morgan fingerprint density at radius 1 is 1.15 bits per heavy atom. The molecule has 176 valence electrons. The number of aryl methyl sites for hydroxylation is 1. The van der Waals surface area contributed by atoms with E-state index in [4.69, 9.17) is 0 Å². The molecule has 1 fully saturated rings. The van der Waals surface area contributed by atoms with Gasteiger partial charge in [-0.15, -0.1) is 0 Å². The van der Waals surface area contributed by atoms with Gasteiger partial charge in [0.15, 0.2) is 5.82 Å². The number of fused-ring (bicyclic) bond motifs is 1. The van der Waals surface area contributed by atoms with Crippen LogP contribution in [-0.2, 0) is 18.8 Å². The molecule has 0 radical (unpaired) electrons. The fraction of sp³-hybridized carbons (Fsp3) is 0.409. The Hall–Kier alpha value is -3.24. The molecule has 0 amide bonds. The van der Waals surface area contributed by atoms with Gasteiger partial charge < -0.3 is 9.88 Å². The molecule has 1 N–H and O–H groups in total. The van der Waals surface area contributed by atoms with Gasteiger partial charge in [-0.25, -0.2) is 13.5 Å². The summed E-state index contributed by atoms with van der Waals surface area (Å²) in [5.74, 6) is 0.0928. The maximum Gasteiger partial charge on any atom is 0.416 e. The van der Waals surface area contributed by atoms with Crippen molar-refractivity contribution in [3.8, 4) is 0 Å². The summed E-state index contributed by atoms with van der Waals surface area (Å²) in [5, 5.41) is 7.27. The highest BCUT2D eigenvalue weighted by Gasteiger charge is 2.53. The molecule has 1 aliphatic carbocycles. The molecular weight excluding hydrogens is 447 g/mol. The maximum atomic E-state index is 13.6. The smallest absolute Gasteiger partial charge is 0.362 e. The van der Waals surface area contributed by atoms with Crippen LogP contribution in [-0.4, -0.2) is 20.8 Å². The van der Waals surface area contributed by atoms with Gasteiger partial charge >= 0.3 is 6.18 Å². The van der Waals surface area contributed by atoms with E-state index in [1.807, 2.05) is 0 Å². The van der Waals surface area contributed by atoms with Crippen molar-refractivity contribution in [1.82, 2.24) is 14.3 Å². The Kier molecular flexibility index (Phi) is 5.33. The van der Waals surface area contributed by atoms with E-state index < -0.39 is 40.9 Å². The molecule has 2 aromatic heterocycles. The second kappa shape index (κ2) is 7.67. The summed E-state index contributed by atoms with van der Waals surface area (Å²) < 4.78 is 69.2. The second-order valence-corrected chi connectivity index (χ2v) is 8.37. The van der Waals surface area contributed by atoms with Crippen LogP contribution in [0.1, 0.15) is 42.5 Å². The average molecular weight is 468 g/mol. The van der Waals surface area contributed by atoms with E-state index in [-0.39, 0.29) is 35.0 Å².